The molecule has 0 saturated heterocycles. The maximum Gasteiger partial charge on any atom is 0.343 e. The van der Waals surface area contributed by atoms with Gasteiger partial charge in [-0.2, -0.15) is 5.10 Å². The van der Waals surface area contributed by atoms with Crippen molar-refractivity contribution in [1.82, 2.24) is 5.43 Å². The molecule has 5 nitrogen and oxygen atoms in total. The monoisotopic (exact) mass is 490 g/mol. The van der Waals surface area contributed by atoms with Crippen molar-refractivity contribution in [3.63, 3.8) is 0 Å². The normalized spacial score (nSPS) is 10.7. The van der Waals surface area contributed by atoms with E-state index < -0.39 is 5.97 Å². The lowest BCUT2D eigenvalue weighted by Crippen LogP contribution is -2.17. The number of hydrogen-bond acceptors (Lipinski definition) is 4. The molecule has 3 aromatic rings. The first-order chi connectivity index (χ1) is 13.9. The number of amides is 1. The highest BCUT2D eigenvalue weighted by molar-refractivity contribution is 9.10. The summed E-state index contributed by atoms with van der Waals surface area (Å²) >= 11 is 15.2. The molecule has 0 radical (unpaired) electrons. The summed E-state index contributed by atoms with van der Waals surface area (Å²) in [5, 5.41) is 4.87. The van der Waals surface area contributed by atoms with Gasteiger partial charge in [-0.15, -0.1) is 0 Å². The molecule has 0 aliphatic carbocycles. The average Bonchev–Trinajstić information content (AvgIpc) is 2.70. The maximum atomic E-state index is 12.3. The molecule has 3 rings (SSSR count). The van der Waals surface area contributed by atoms with E-state index in [9.17, 15) is 9.59 Å². The molecule has 0 aliphatic heterocycles. The van der Waals surface area contributed by atoms with E-state index >= 15 is 0 Å². The van der Waals surface area contributed by atoms with E-state index in [1.165, 1.54) is 6.21 Å². The predicted molar refractivity (Wildman–Crippen MR) is 117 cm³/mol. The molecular weight excluding hydrogens is 479 g/mol. The summed E-state index contributed by atoms with van der Waals surface area (Å²) in [6.07, 6.45) is 1.35. The summed E-state index contributed by atoms with van der Waals surface area (Å²) in [4.78, 5) is 24.5. The second-order valence-electron chi connectivity index (χ2n) is 5.78. The molecule has 0 fully saturated rings. The molecule has 29 heavy (non-hydrogen) atoms. The van der Waals surface area contributed by atoms with E-state index in [-0.39, 0.29) is 11.7 Å². The van der Waals surface area contributed by atoms with Gasteiger partial charge in [0.2, 0.25) is 0 Å². The number of esters is 1. The Balaban J connectivity index is 1.73. The minimum Gasteiger partial charge on any atom is -0.422 e. The van der Waals surface area contributed by atoms with Crippen LogP contribution in [0.25, 0.3) is 0 Å². The third kappa shape index (κ3) is 5.90. The molecule has 146 valence electrons. The van der Waals surface area contributed by atoms with Gasteiger partial charge in [0, 0.05) is 25.6 Å². The summed E-state index contributed by atoms with van der Waals surface area (Å²) in [5.74, 6) is -0.691. The lowest BCUT2D eigenvalue weighted by molar-refractivity contribution is 0.0734. The Morgan fingerprint density at radius 1 is 0.897 bits per heavy atom. The van der Waals surface area contributed by atoms with E-state index in [4.69, 9.17) is 27.9 Å². The minimum absolute atomic E-state index is 0.246. The van der Waals surface area contributed by atoms with Gasteiger partial charge >= 0.3 is 5.97 Å². The number of hydrogen-bond donors (Lipinski definition) is 1. The van der Waals surface area contributed by atoms with Crippen LogP contribution in [0.1, 0.15) is 26.3 Å². The topological polar surface area (TPSA) is 67.8 Å². The van der Waals surface area contributed by atoms with Crippen molar-refractivity contribution in [3.05, 3.63) is 97.9 Å². The Labute approximate surface area is 185 Å². The minimum atomic E-state index is -0.558. The maximum absolute atomic E-state index is 12.3. The highest BCUT2D eigenvalue weighted by atomic mass is 79.9. The van der Waals surface area contributed by atoms with E-state index in [0.717, 1.165) is 4.47 Å². The van der Waals surface area contributed by atoms with Gasteiger partial charge in [-0.1, -0.05) is 39.1 Å². The average molecular weight is 492 g/mol. The molecule has 0 bridgehead atoms. The molecule has 0 spiro atoms. The van der Waals surface area contributed by atoms with E-state index in [0.29, 0.717) is 26.7 Å². The van der Waals surface area contributed by atoms with Crippen LogP contribution in [0.15, 0.2) is 76.3 Å². The van der Waals surface area contributed by atoms with Gasteiger partial charge < -0.3 is 4.74 Å². The number of carbonyl (C=O) groups is 2. The number of rotatable bonds is 5. The van der Waals surface area contributed by atoms with Crippen LogP contribution in [0.5, 0.6) is 5.75 Å². The zero-order chi connectivity index (χ0) is 20.8. The van der Waals surface area contributed by atoms with Crippen molar-refractivity contribution < 1.29 is 14.3 Å². The lowest BCUT2D eigenvalue weighted by Gasteiger charge is -2.08. The number of nitrogens with one attached hydrogen (secondary N) is 1. The van der Waals surface area contributed by atoms with Gasteiger partial charge in [-0.25, -0.2) is 10.2 Å². The Hall–Kier alpha value is -2.67. The fourth-order valence-corrected chi connectivity index (χ4v) is 2.86. The molecular formula is C21H13BrCl2N2O3. The molecule has 1 amide bonds. The Kier molecular flexibility index (Phi) is 7.04. The van der Waals surface area contributed by atoms with Crippen LogP contribution in [0.2, 0.25) is 10.0 Å². The van der Waals surface area contributed by atoms with Crippen LogP contribution in [0, 0.1) is 0 Å². The van der Waals surface area contributed by atoms with Gasteiger partial charge in [0.25, 0.3) is 5.91 Å². The molecule has 0 unspecified atom stereocenters. The van der Waals surface area contributed by atoms with Crippen LogP contribution >= 0.6 is 39.1 Å². The predicted octanol–water partition coefficient (Wildman–Crippen LogP) is 5.74. The fraction of sp³-hybridized carbons (Fsp3) is 0. The SMILES string of the molecule is O=C(N/N=C/c1cc(Cl)ccc1OC(=O)c1ccc(Cl)cc1)c1ccc(Br)cc1. The van der Waals surface area contributed by atoms with Crippen LogP contribution in [0.4, 0.5) is 0 Å². The smallest absolute Gasteiger partial charge is 0.343 e. The molecule has 3 aromatic carbocycles. The van der Waals surface area contributed by atoms with Crippen molar-refractivity contribution >= 4 is 57.2 Å². The number of carbonyl (C=O) groups excluding carboxylic acids is 2. The van der Waals surface area contributed by atoms with Gasteiger partial charge in [0.05, 0.1) is 11.8 Å². The van der Waals surface area contributed by atoms with Crippen molar-refractivity contribution in [2.24, 2.45) is 5.10 Å². The molecule has 0 heterocycles. The van der Waals surface area contributed by atoms with Gasteiger partial charge in [-0.05, 0) is 66.7 Å². The first kappa shape index (κ1) is 21.0. The molecule has 8 heteroatoms. The van der Waals surface area contributed by atoms with Crippen LogP contribution < -0.4 is 10.2 Å². The number of nitrogens with zero attached hydrogens (tertiary/aromatic N) is 1. The van der Waals surface area contributed by atoms with Gasteiger partial charge in [-0.3, -0.25) is 4.79 Å². The largest absolute Gasteiger partial charge is 0.422 e. The quantitative estimate of drug-likeness (QED) is 0.214. The van der Waals surface area contributed by atoms with E-state index in [1.807, 2.05) is 0 Å². The van der Waals surface area contributed by atoms with Gasteiger partial charge in [0.1, 0.15) is 5.75 Å². The first-order valence-electron chi connectivity index (χ1n) is 8.28. The van der Waals surface area contributed by atoms with E-state index in [2.05, 4.69) is 26.5 Å². The first-order valence-corrected chi connectivity index (χ1v) is 9.83. The standard InChI is InChI=1S/C21H13BrCl2N2O3/c22-16-5-1-13(2-6-16)20(27)26-25-12-15-11-18(24)9-10-19(15)29-21(28)14-3-7-17(23)8-4-14/h1-12H,(H,26,27)/b25-12+. The number of halogens is 3. The molecule has 0 aromatic heterocycles. The zero-order valence-electron chi connectivity index (χ0n) is 14.7. The Morgan fingerprint density at radius 3 is 2.21 bits per heavy atom. The zero-order valence-corrected chi connectivity index (χ0v) is 17.8. The fourth-order valence-electron chi connectivity index (χ4n) is 2.28. The summed E-state index contributed by atoms with van der Waals surface area (Å²) in [5.41, 5.74) is 3.64. The highest BCUT2D eigenvalue weighted by Gasteiger charge is 2.12. The number of benzene rings is 3. The number of ether oxygens (including phenoxy) is 1. The van der Waals surface area contributed by atoms with Crippen molar-refractivity contribution in [1.29, 1.82) is 0 Å². The van der Waals surface area contributed by atoms with Gasteiger partial charge in [0.15, 0.2) is 0 Å². The molecule has 0 saturated carbocycles. The van der Waals surface area contributed by atoms with Crippen molar-refractivity contribution in [2.45, 2.75) is 0 Å². The van der Waals surface area contributed by atoms with Crippen molar-refractivity contribution in [3.8, 4) is 5.75 Å². The van der Waals surface area contributed by atoms with Crippen LogP contribution in [-0.2, 0) is 0 Å². The third-order valence-corrected chi connectivity index (χ3v) is 4.75. The summed E-state index contributed by atoms with van der Waals surface area (Å²) in [7, 11) is 0. The second kappa shape index (κ2) is 9.69. The van der Waals surface area contributed by atoms with Crippen molar-refractivity contribution in [2.75, 3.05) is 0 Å². The third-order valence-electron chi connectivity index (χ3n) is 3.73. The van der Waals surface area contributed by atoms with Crippen LogP contribution in [-0.4, -0.2) is 18.1 Å². The lowest BCUT2D eigenvalue weighted by atomic mass is 10.2. The Bertz CT molecular complexity index is 1070. The summed E-state index contributed by atoms with van der Waals surface area (Å²) in [6, 6.07) is 17.9. The second-order valence-corrected chi connectivity index (χ2v) is 7.57. The molecule has 0 atom stereocenters. The molecule has 1 N–H and O–H groups in total. The summed E-state index contributed by atoms with van der Waals surface area (Å²) < 4.78 is 6.30. The highest BCUT2D eigenvalue weighted by Crippen LogP contribution is 2.23. The number of hydrazone groups is 1. The Morgan fingerprint density at radius 2 is 1.52 bits per heavy atom. The van der Waals surface area contributed by atoms with E-state index in [1.54, 1.807) is 66.7 Å². The molecule has 0 aliphatic rings. The summed E-state index contributed by atoms with van der Waals surface area (Å²) in [6.45, 7) is 0. The van der Waals surface area contributed by atoms with Crippen LogP contribution in [0.3, 0.4) is 0 Å².